The van der Waals surface area contributed by atoms with Crippen molar-refractivity contribution in [3.63, 3.8) is 0 Å². The third-order valence-corrected chi connectivity index (χ3v) is 7.99. The minimum atomic E-state index is -3.80. The number of carboxylic acids is 1. The van der Waals surface area contributed by atoms with Crippen LogP contribution in [0.15, 0.2) is 59.5 Å². The van der Waals surface area contributed by atoms with Gasteiger partial charge >= 0.3 is 5.97 Å². The number of para-hydroxylation sites is 1. The van der Waals surface area contributed by atoms with E-state index < -0.39 is 28.0 Å². The number of carboxylic acid groups (broad SMARTS) is 1. The maximum absolute atomic E-state index is 13.0. The summed E-state index contributed by atoms with van der Waals surface area (Å²) in [7, 11) is -2.34. The van der Waals surface area contributed by atoms with E-state index in [1.807, 2.05) is 37.3 Å². The van der Waals surface area contributed by atoms with Gasteiger partial charge in [0.15, 0.2) is 0 Å². The molecule has 1 N–H and O–H groups in total. The molecule has 1 fully saturated rings. The Hall–Kier alpha value is -2.97. The summed E-state index contributed by atoms with van der Waals surface area (Å²) >= 11 is 0. The number of aliphatic carboxylic acids is 1. The summed E-state index contributed by atoms with van der Waals surface area (Å²) in [6.07, 6.45) is 1.75. The molecule has 0 spiro atoms. The van der Waals surface area contributed by atoms with Crippen LogP contribution in [0.2, 0.25) is 0 Å². The van der Waals surface area contributed by atoms with E-state index in [1.165, 1.54) is 23.5 Å². The lowest BCUT2D eigenvalue weighted by Crippen LogP contribution is -2.41. The van der Waals surface area contributed by atoms with Crippen LogP contribution in [-0.4, -0.2) is 41.9 Å². The Labute approximate surface area is 187 Å². The zero-order valence-corrected chi connectivity index (χ0v) is 18.9. The molecule has 1 aliphatic rings. The van der Waals surface area contributed by atoms with Crippen molar-refractivity contribution in [2.45, 2.75) is 43.7 Å². The molecular formula is C24H26N2O5S. The normalized spacial score (nSPS) is 18.8. The summed E-state index contributed by atoms with van der Waals surface area (Å²) in [5.41, 5.74) is 2.81. The number of aromatic nitrogens is 1. The summed E-state index contributed by atoms with van der Waals surface area (Å²) < 4.78 is 33.2. The lowest BCUT2D eigenvalue weighted by molar-refractivity contribution is -0.142. The third-order valence-electron chi connectivity index (χ3n) is 6.09. The van der Waals surface area contributed by atoms with Gasteiger partial charge in [-0.25, -0.2) is 8.42 Å². The van der Waals surface area contributed by atoms with Gasteiger partial charge in [0, 0.05) is 29.7 Å². The van der Waals surface area contributed by atoms with Crippen LogP contribution < -0.4 is 4.74 Å². The number of carbonyl (C=O) groups is 1. The Morgan fingerprint density at radius 3 is 2.59 bits per heavy atom. The van der Waals surface area contributed by atoms with Crippen molar-refractivity contribution >= 4 is 26.9 Å². The molecule has 2 aromatic carbocycles. The van der Waals surface area contributed by atoms with E-state index in [1.54, 1.807) is 12.1 Å². The van der Waals surface area contributed by atoms with Crippen LogP contribution in [0.3, 0.4) is 0 Å². The molecule has 2 unspecified atom stereocenters. The highest BCUT2D eigenvalue weighted by Gasteiger charge is 2.40. The van der Waals surface area contributed by atoms with Crippen LogP contribution in [-0.2, 0) is 21.4 Å². The predicted molar refractivity (Wildman–Crippen MR) is 121 cm³/mol. The van der Waals surface area contributed by atoms with Crippen molar-refractivity contribution in [1.82, 2.24) is 9.29 Å². The molecule has 168 valence electrons. The van der Waals surface area contributed by atoms with Crippen LogP contribution in [0.4, 0.5) is 0 Å². The van der Waals surface area contributed by atoms with E-state index in [2.05, 4.69) is 4.98 Å². The predicted octanol–water partition coefficient (Wildman–Crippen LogP) is 4.00. The Bertz CT molecular complexity index is 1240. The van der Waals surface area contributed by atoms with E-state index in [0.29, 0.717) is 31.6 Å². The lowest BCUT2D eigenvalue weighted by atomic mass is 10.0. The molecular weight excluding hydrogens is 428 g/mol. The summed E-state index contributed by atoms with van der Waals surface area (Å²) in [5, 5.41) is 10.4. The molecule has 1 saturated carbocycles. The van der Waals surface area contributed by atoms with E-state index >= 15 is 0 Å². The number of hydrogen-bond acceptors (Lipinski definition) is 5. The number of hydrogen-bond donors (Lipinski definition) is 1. The summed E-state index contributed by atoms with van der Waals surface area (Å²) in [6, 6.07) is 15.6. The number of fused-ring (bicyclic) bond motifs is 1. The molecule has 0 aliphatic heterocycles. The Morgan fingerprint density at radius 2 is 1.88 bits per heavy atom. The van der Waals surface area contributed by atoms with Gasteiger partial charge in [0.25, 0.3) is 0 Å². The molecule has 4 rings (SSSR count). The molecule has 0 saturated heterocycles. The van der Waals surface area contributed by atoms with Gasteiger partial charge < -0.3 is 9.84 Å². The molecule has 1 heterocycles. The standard InChI is InChI=1S/C24H26N2O5S/c1-16-14-17(20-6-3-4-8-22(20)25-16)15-31-18-10-12-19(13-11-18)32(29,30)26(2)23-9-5-7-21(23)24(27)28/h3-4,6,8,10-14,21,23H,5,7,9,15H2,1-2H3,(H,27,28). The van der Waals surface area contributed by atoms with Gasteiger partial charge in [0.1, 0.15) is 12.4 Å². The fourth-order valence-corrected chi connectivity index (χ4v) is 5.81. The number of benzene rings is 2. The van der Waals surface area contributed by atoms with E-state index in [9.17, 15) is 18.3 Å². The maximum atomic E-state index is 13.0. The highest BCUT2D eigenvalue weighted by molar-refractivity contribution is 7.89. The minimum Gasteiger partial charge on any atom is -0.489 e. The van der Waals surface area contributed by atoms with Crippen molar-refractivity contribution < 1.29 is 23.1 Å². The Balaban J connectivity index is 1.49. The molecule has 32 heavy (non-hydrogen) atoms. The first-order valence-corrected chi connectivity index (χ1v) is 12.0. The highest BCUT2D eigenvalue weighted by Crippen LogP contribution is 2.33. The second kappa shape index (κ2) is 8.88. The van der Waals surface area contributed by atoms with Crippen molar-refractivity contribution in [3.05, 3.63) is 65.9 Å². The molecule has 0 amide bonds. The first-order valence-electron chi connectivity index (χ1n) is 10.6. The zero-order valence-electron chi connectivity index (χ0n) is 18.1. The van der Waals surface area contributed by atoms with E-state index in [0.717, 1.165) is 22.2 Å². The van der Waals surface area contributed by atoms with Crippen LogP contribution in [0, 0.1) is 12.8 Å². The van der Waals surface area contributed by atoms with Gasteiger partial charge in [-0.1, -0.05) is 24.6 Å². The average molecular weight is 455 g/mol. The minimum absolute atomic E-state index is 0.119. The molecule has 8 heteroatoms. The van der Waals surface area contributed by atoms with Crippen molar-refractivity contribution in [2.75, 3.05) is 7.05 Å². The quantitative estimate of drug-likeness (QED) is 0.580. The number of ether oxygens (including phenoxy) is 1. The number of rotatable bonds is 7. The van der Waals surface area contributed by atoms with Gasteiger partial charge in [-0.05, 0) is 56.2 Å². The van der Waals surface area contributed by atoms with Gasteiger partial charge in [-0.2, -0.15) is 4.31 Å². The van der Waals surface area contributed by atoms with Gasteiger partial charge in [0.2, 0.25) is 10.0 Å². The van der Waals surface area contributed by atoms with E-state index in [4.69, 9.17) is 4.74 Å². The molecule has 3 aromatic rings. The van der Waals surface area contributed by atoms with Gasteiger partial charge in [-0.3, -0.25) is 9.78 Å². The third kappa shape index (κ3) is 4.33. The molecule has 1 aliphatic carbocycles. The second-order valence-electron chi connectivity index (χ2n) is 8.16. The van der Waals surface area contributed by atoms with Crippen molar-refractivity contribution in [2.24, 2.45) is 5.92 Å². The maximum Gasteiger partial charge on any atom is 0.308 e. The Kier molecular flexibility index (Phi) is 6.17. The SMILES string of the molecule is Cc1cc(COc2ccc(S(=O)(=O)N(C)C3CCCC3C(=O)O)cc2)c2ccccc2n1. The smallest absolute Gasteiger partial charge is 0.308 e. The molecule has 2 atom stereocenters. The summed E-state index contributed by atoms with van der Waals surface area (Å²) in [6.45, 7) is 2.27. The first kappa shape index (κ1) is 22.2. The van der Waals surface area contributed by atoms with Crippen LogP contribution in [0.25, 0.3) is 10.9 Å². The summed E-state index contributed by atoms with van der Waals surface area (Å²) in [5.74, 6) is -1.07. The summed E-state index contributed by atoms with van der Waals surface area (Å²) in [4.78, 5) is 16.1. The van der Waals surface area contributed by atoms with E-state index in [-0.39, 0.29) is 4.90 Å². The zero-order chi connectivity index (χ0) is 22.9. The van der Waals surface area contributed by atoms with Crippen LogP contribution >= 0.6 is 0 Å². The molecule has 7 nitrogen and oxygen atoms in total. The van der Waals surface area contributed by atoms with Crippen molar-refractivity contribution in [1.29, 1.82) is 0 Å². The molecule has 1 aromatic heterocycles. The fourth-order valence-electron chi connectivity index (χ4n) is 4.39. The number of pyridine rings is 1. The second-order valence-corrected chi connectivity index (χ2v) is 10.2. The largest absolute Gasteiger partial charge is 0.489 e. The number of aryl methyl sites for hydroxylation is 1. The lowest BCUT2D eigenvalue weighted by Gasteiger charge is -2.27. The van der Waals surface area contributed by atoms with Crippen molar-refractivity contribution in [3.8, 4) is 5.75 Å². The average Bonchev–Trinajstić information content (AvgIpc) is 3.27. The topological polar surface area (TPSA) is 96.8 Å². The fraction of sp³-hybridized carbons (Fsp3) is 0.333. The highest BCUT2D eigenvalue weighted by atomic mass is 32.2. The van der Waals surface area contributed by atoms with Gasteiger partial charge in [-0.15, -0.1) is 0 Å². The van der Waals surface area contributed by atoms with Crippen LogP contribution in [0.5, 0.6) is 5.75 Å². The monoisotopic (exact) mass is 454 g/mol. The first-order chi connectivity index (χ1) is 15.3. The van der Waals surface area contributed by atoms with Crippen LogP contribution in [0.1, 0.15) is 30.5 Å². The number of nitrogens with zero attached hydrogens (tertiary/aromatic N) is 2. The molecule has 0 bridgehead atoms. The molecule has 0 radical (unpaired) electrons. The Morgan fingerprint density at radius 1 is 1.16 bits per heavy atom. The van der Waals surface area contributed by atoms with Gasteiger partial charge in [0.05, 0.1) is 16.3 Å². The number of sulfonamides is 1.